The number of hydrogen-bond donors (Lipinski definition) is 2. The zero-order valence-corrected chi connectivity index (χ0v) is 13.0. The second-order valence-corrected chi connectivity index (χ2v) is 5.60. The monoisotopic (exact) mass is 343 g/mol. The number of aliphatic carboxylic acids is 1. The third kappa shape index (κ3) is 5.61. The first-order valence-electron chi connectivity index (χ1n) is 6.30. The van der Waals surface area contributed by atoms with Crippen LogP contribution in [-0.4, -0.2) is 29.6 Å². The number of ether oxygens (including phenoxy) is 1. The fourth-order valence-corrected chi connectivity index (χ4v) is 1.82. The molecule has 0 spiro atoms. The number of carbonyl (C=O) groups excluding carboxylic acids is 1. The molecule has 0 radical (unpaired) electrons. The molecule has 1 amide bonds. The van der Waals surface area contributed by atoms with E-state index in [0.717, 1.165) is 4.47 Å². The fraction of sp³-hybridized carbons (Fsp3) is 0.429. The van der Waals surface area contributed by atoms with Gasteiger partial charge in [-0.2, -0.15) is 0 Å². The first-order valence-corrected chi connectivity index (χ1v) is 7.10. The van der Waals surface area contributed by atoms with E-state index in [1.807, 2.05) is 12.1 Å². The second-order valence-electron chi connectivity index (χ2n) is 4.68. The zero-order valence-electron chi connectivity index (χ0n) is 11.4. The van der Waals surface area contributed by atoms with Crippen molar-refractivity contribution >= 4 is 27.8 Å². The summed E-state index contributed by atoms with van der Waals surface area (Å²) < 4.78 is 6.35. The average molecular weight is 344 g/mol. The highest BCUT2D eigenvalue weighted by atomic mass is 79.9. The number of benzene rings is 1. The van der Waals surface area contributed by atoms with Crippen LogP contribution < -0.4 is 10.1 Å². The third-order valence-electron chi connectivity index (χ3n) is 2.66. The maximum Gasteiger partial charge on any atom is 0.326 e. The van der Waals surface area contributed by atoms with Crippen molar-refractivity contribution in [1.29, 1.82) is 0 Å². The number of amides is 1. The molecular weight excluding hydrogens is 326 g/mol. The average Bonchev–Trinajstić information content (AvgIpc) is 2.37. The summed E-state index contributed by atoms with van der Waals surface area (Å²) >= 11 is 3.32. The van der Waals surface area contributed by atoms with Gasteiger partial charge in [0, 0.05) is 4.47 Å². The molecule has 0 aliphatic carbocycles. The summed E-state index contributed by atoms with van der Waals surface area (Å²) in [6.45, 7) is 3.70. The van der Waals surface area contributed by atoms with Crippen molar-refractivity contribution < 1.29 is 19.4 Å². The zero-order chi connectivity index (χ0) is 15.1. The fourth-order valence-electron chi connectivity index (χ4n) is 1.55. The van der Waals surface area contributed by atoms with Crippen molar-refractivity contribution in [1.82, 2.24) is 5.32 Å². The lowest BCUT2D eigenvalue weighted by Gasteiger charge is -2.17. The second kappa shape index (κ2) is 7.89. The van der Waals surface area contributed by atoms with Crippen molar-refractivity contribution in [2.24, 2.45) is 5.92 Å². The molecule has 0 aromatic heterocycles. The maximum absolute atomic E-state index is 11.6. The van der Waals surface area contributed by atoms with E-state index in [4.69, 9.17) is 9.84 Å². The molecule has 0 fully saturated rings. The number of carboxylic acid groups (broad SMARTS) is 1. The highest BCUT2D eigenvalue weighted by molar-refractivity contribution is 9.10. The van der Waals surface area contributed by atoms with Gasteiger partial charge in [-0.25, -0.2) is 4.79 Å². The van der Waals surface area contributed by atoms with Gasteiger partial charge in [-0.15, -0.1) is 0 Å². The smallest absolute Gasteiger partial charge is 0.326 e. The molecule has 1 aromatic rings. The lowest BCUT2D eigenvalue weighted by atomic mass is 10.0. The van der Waals surface area contributed by atoms with Gasteiger partial charge in [-0.1, -0.05) is 29.8 Å². The number of carboxylic acids is 1. The number of hydrogen-bond acceptors (Lipinski definition) is 3. The van der Waals surface area contributed by atoms with Crippen LogP contribution in [0.4, 0.5) is 0 Å². The Morgan fingerprint density at radius 3 is 2.40 bits per heavy atom. The highest BCUT2D eigenvalue weighted by Gasteiger charge is 2.23. The molecule has 0 aliphatic rings. The molecule has 1 rings (SSSR count). The van der Waals surface area contributed by atoms with E-state index in [1.165, 1.54) is 0 Å². The molecule has 6 heteroatoms. The minimum atomic E-state index is -1.03. The lowest BCUT2D eigenvalue weighted by Crippen LogP contribution is -2.44. The van der Waals surface area contributed by atoms with Crippen LogP contribution in [0.2, 0.25) is 0 Å². The summed E-state index contributed by atoms with van der Waals surface area (Å²) in [5.41, 5.74) is 0. The first kappa shape index (κ1) is 16.5. The molecule has 0 bridgehead atoms. The van der Waals surface area contributed by atoms with Crippen molar-refractivity contribution in [2.75, 3.05) is 6.61 Å². The lowest BCUT2D eigenvalue weighted by molar-refractivity contribution is -0.143. The summed E-state index contributed by atoms with van der Waals surface area (Å²) in [4.78, 5) is 22.6. The minimum absolute atomic E-state index is 0.118. The van der Waals surface area contributed by atoms with Gasteiger partial charge in [0.05, 0.1) is 13.0 Å². The molecule has 1 unspecified atom stereocenters. The molecule has 110 valence electrons. The van der Waals surface area contributed by atoms with Crippen molar-refractivity contribution in [3.05, 3.63) is 28.7 Å². The Bertz CT molecular complexity index is 459. The van der Waals surface area contributed by atoms with Gasteiger partial charge in [-0.3, -0.25) is 4.79 Å². The molecule has 20 heavy (non-hydrogen) atoms. The van der Waals surface area contributed by atoms with Crippen molar-refractivity contribution in [3.63, 3.8) is 0 Å². The molecular formula is C14H18BrNO4. The van der Waals surface area contributed by atoms with Crippen LogP contribution in [0.1, 0.15) is 20.3 Å². The first-order chi connectivity index (χ1) is 9.40. The van der Waals surface area contributed by atoms with Crippen molar-refractivity contribution in [2.45, 2.75) is 26.3 Å². The number of rotatable bonds is 7. The quantitative estimate of drug-likeness (QED) is 0.797. The van der Waals surface area contributed by atoms with Crippen LogP contribution in [0.25, 0.3) is 0 Å². The molecule has 1 atom stereocenters. The number of nitrogens with one attached hydrogen (secondary N) is 1. The summed E-state index contributed by atoms with van der Waals surface area (Å²) in [5, 5.41) is 11.5. The van der Waals surface area contributed by atoms with Crippen LogP contribution in [0, 0.1) is 5.92 Å². The van der Waals surface area contributed by atoms with E-state index in [0.29, 0.717) is 5.75 Å². The Hall–Kier alpha value is -1.56. The minimum Gasteiger partial charge on any atom is -0.493 e. The molecule has 0 saturated carbocycles. The normalized spacial score (nSPS) is 12.0. The molecule has 5 nitrogen and oxygen atoms in total. The van der Waals surface area contributed by atoms with E-state index in [9.17, 15) is 9.59 Å². The van der Waals surface area contributed by atoms with Gasteiger partial charge >= 0.3 is 5.97 Å². The van der Waals surface area contributed by atoms with Gasteiger partial charge in [0.25, 0.3) is 0 Å². The Balaban J connectivity index is 2.36. The Morgan fingerprint density at radius 1 is 1.30 bits per heavy atom. The summed E-state index contributed by atoms with van der Waals surface area (Å²) in [5.74, 6) is -0.853. The van der Waals surface area contributed by atoms with Crippen LogP contribution >= 0.6 is 15.9 Å². The maximum atomic E-state index is 11.6. The summed E-state index contributed by atoms with van der Waals surface area (Å²) in [7, 11) is 0. The van der Waals surface area contributed by atoms with Crippen LogP contribution in [0.3, 0.4) is 0 Å². The van der Waals surface area contributed by atoms with E-state index < -0.39 is 12.0 Å². The van der Waals surface area contributed by atoms with E-state index in [2.05, 4.69) is 21.2 Å². The molecule has 0 aliphatic heterocycles. The highest BCUT2D eigenvalue weighted by Crippen LogP contribution is 2.16. The third-order valence-corrected chi connectivity index (χ3v) is 3.19. The van der Waals surface area contributed by atoms with E-state index in [-0.39, 0.29) is 24.9 Å². The van der Waals surface area contributed by atoms with Crippen LogP contribution in [0.5, 0.6) is 5.75 Å². The largest absolute Gasteiger partial charge is 0.493 e. The molecule has 0 heterocycles. The van der Waals surface area contributed by atoms with E-state index in [1.54, 1.807) is 26.0 Å². The number of halogens is 1. The standard InChI is InChI=1S/C14H18BrNO4/c1-9(2)13(14(18)19)16-12(17)7-8-20-11-5-3-10(15)4-6-11/h3-6,9,13H,7-8H2,1-2H3,(H,16,17)(H,18,19). The van der Waals surface area contributed by atoms with Gasteiger partial charge in [0.1, 0.15) is 11.8 Å². The van der Waals surface area contributed by atoms with E-state index >= 15 is 0 Å². The topological polar surface area (TPSA) is 75.6 Å². The Labute approximate surface area is 126 Å². The molecule has 2 N–H and O–H groups in total. The van der Waals surface area contributed by atoms with Gasteiger partial charge in [0.2, 0.25) is 5.91 Å². The predicted molar refractivity (Wildman–Crippen MR) is 78.7 cm³/mol. The van der Waals surface area contributed by atoms with Gasteiger partial charge < -0.3 is 15.2 Å². The summed E-state index contributed by atoms with van der Waals surface area (Å²) in [6.07, 6.45) is 0.118. The Morgan fingerprint density at radius 2 is 1.90 bits per heavy atom. The Kier molecular flexibility index (Phi) is 6.51. The van der Waals surface area contributed by atoms with Crippen LogP contribution in [-0.2, 0) is 9.59 Å². The number of carbonyl (C=O) groups is 2. The SMILES string of the molecule is CC(C)C(NC(=O)CCOc1ccc(Br)cc1)C(=O)O. The van der Waals surface area contributed by atoms with Crippen molar-refractivity contribution in [3.8, 4) is 5.75 Å². The molecule has 1 aromatic carbocycles. The predicted octanol–water partition coefficient (Wildman–Crippen LogP) is 2.44. The summed E-state index contributed by atoms with van der Waals surface area (Å²) in [6, 6.07) is 6.39. The van der Waals surface area contributed by atoms with Crippen LogP contribution in [0.15, 0.2) is 28.7 Å². The van der Waals surface area contributed by atoms with Gasteiger partial charge in [-0.05, 0) is 30.2 Å². The van der Waals surface area contributed by atoms with Gasteiger partial charge in [0.15, 0.2) is 0 Å². The molecule has 0 saturated heterocycles.